The van der Waals surface area contributed by atoms with Crippen molar-refractivity contribution in [3.8, 4) is 34.3 Å². The number of pyridine rings is 2. The molecular formula is C80H54N14O30S6. The Balaban J connectivity index is 0.000000199. The first kappa shape index (κ1) is 90.2. The van der Waals surface area contributed by atoms with Crippen molar-refractivity contribution in [1.82, 2.24) is 39.0 Å². The molecule has 0 saturated carbocycles. The number of benzene rings is 10. The number of carboxylic acids is 2. The molecule has 0 spiro atoms. The van der Waals surface area contributed by atoms with Crippen LogP contribution in [-0.4, -0.2) is 142 Å². The minimum Gasteiger partial charge on any atom is -0.479 e. The summed E-state index contributed by atoms with van der Waals surface area (Å²) < 4.78 is 92.9. The van der Waals surface area contributed by atoms with E-state index in [0.717, 1.165) is 24.3 Å². The van der Waals surface area contributed by atoms with Crippen LogP contribution in [0.4, 0.5) is 69.3 Å². The largest absolute Gasteiger partial charge is 0.479 e. The zero-order valence-electron chi connectivity index (χ0n) is 65.1. The van der Waals surface area contributed by atoms with Gasteiger partial charge in [0, 0.05) is 73.7 Å². The molecule has 4 heterocycles. The normalized spacial score (nSPS) is 11.9. The van der Waals surface area contributed by atoms with Crippen molar-refractivity contribution >= 4 is 195 Å². The average Bonchev–Trinajstić information content (AvgIpc) is 0.708. The lowest BCUT2D eigenvalue weighted by Crippen LogP contribution is -2.29. The van der Waals surface area contributed by atoms with Crippen LogP contribution < -0.4 is 43.0 Å². The third-order valence-electron chi connectivity index (χ3n) is 19.5. The molecule has 16 rings (SSSR count). The number of hydrogen-bond acceptors (Lipinski definition) is 42. The number of carboxylic acid groups (broad SMARTS) is 2. The fourth-order valence-electron chi connectivity index (χ4n) is 14.2. The number of nitrogens with zero attached hydrogens (tertiary/aromatic N) is 8. The van der Waals surface area contributed by atoms with Crippen molar-refractivity contribution in [2.45, 2.75) is 29.4 Å². The van der Waals surface area contributed by atoms with Gasteiger partial charge in [0.15, 0.2) is 23.1 Å². The van der Waals surface area contributed by atoms with E-state index in [1.807, 2.05) is 0 Å². The Hall–Kier alpha value is -14.6. The molecular weight excluding hydrogens is 1830 g/mol. The molecule has 16 N–H and O–H groups in total. The Morgan fingerprint density at radius 2 is 0.754 bits per heavy atom. The average molecular weight is 1880 g/mol. The molecule has 660 valence electrons. The van der Waals surface area contributed by atoms with E-state index in [1.165, 1.54) is 145 Å². The highest BCUT2D eigenvalue weighted by Gasteiger charge is 2.38. The van der Waals surface area contributed by atoms with Gasteiger partial charge in [0.2, 0.25) is 23.8 Å². The van der Waals surface area contributed by atoms with E-state index in [2.05, 4.69) is 99.3 Å². The monoisotopic (exact) mass is 1880 g/mol. The van der Waals surface area contributed by atoms with Crippen molar-refractivity contribution in [2.75, 3.05) is 31.9 Å². The van der Waals surface area contributed by atoms with E-state index in [0.29, 0.717) is 33.9 Å². The molecule has 10 aromatic carbocycles. The summed E-state index contributed by atoms with van der Waals surface area (Å²) in [4.78, 5) is 132. The summed E-state index contributed by atoms with van der Waals surface area (Å²) in [5.74, 6) is -6.70. The Bertz CT molecular complexity index is 7470. The van der Waals surface area contributed by atoms with E-state index in [1.54, 1.807) is 48.5 Å². The van der Waals surface area contributed by atoms with Crippen molar-refractivity contribution in [3.63, 3.8) is 0 Å². The lowest BCUT2D eigenvalue weighted by Gasteiger charge is -2.26. The van der Waals surface area contributed by atoms with Crippen LogP contribution in [0, 0.1) is 0 Å². The molecule has 14 aromatic rings. The molecule has 44 nitrogen and oxygen atoms in total. The number of carbonyl (C=O) groups is 6. The summed E-state index contributed by atoms with van der Waals surface area (Å²) in [5, 5.41) is 107. The van der Waals surface area contributed by atoms with Gasteiger partial charge in [-0.05, 0) is 114 Å². The Morgan fingerprint density at radius 3 is 1.17 bits per heavy atom. The van der Waals surface area contributed by atoms with Crippen molar-refractivity contribution in [2.24, 2.45) is 14.1 Å². The number of aryl methyl sites for hydroxylation is 2. The van der Waals surface area contributed by atoms with Gasteiger partial charge in [0.25, 0.3) is 31.4 Å². The molecule has 0 fully saturated rings. The topological polar surface area (TPSA) is 640 Å². The number of nitrogens with one attached hydrogen (secondary N) is 6. The molecule has 2 aliphatic rings. The maximum atomic E-state index is 14.6. The zero-order chi connectivity index (χ0) is 92.3. The molecule has 50 heteroatoms. The molecule has 0 radical (unpaired) electrons. The minimum atomic E-state index is -5.13. The summed E-state index contributed by atoms with van der Waals surface area (Å²) >= 11 is 1.75. The number of carbonyl (C=O) groups excluding carboxylic acids is 4. The highest BCUT2D eigenvalue weighted by Crippen LogP contribution is 2.49. The van der Waals surface area contributed by atoms with Gasteiger partial charge in [-0.1, -0.05) is 111 Å². The van der Waals surface area contributed by atoms with Crippen LogP contribution in [0.5, 0.6) is 12.0 Å². The predicted octanol–water partition coefficient (Wildman–Crippen LogP) is 13.8. The number of para-hydroxylation sites is 1. The molecule has 0 saturated heterocycles. The predicted molar refractivity (Wildman–Crippen MR) is 460 cm³/mol. The Labute approximate surface area is 742 Å². The number of anilines is 12. The number of ketones is 4. The number of aromatic nitrogens is 8. The highest BCUT2D eigenvalue weighted by atomic mass is 32.2. The second-order valence-corrected chi connectivity index (χ2v) is 32.9. The van der Waals surface area contributed by atoms with Crippen LogP contribution in [0.3, 0.4) is 0 Å². The van der Waals surface area contributed by atoms with Crippen LogP contribution in [0.1, 0.15) is 84.4 Å². The van der Waals surface area contributed by atoms with Gasteiger partial charge in [0.05, 0.1) is 142 Å². The SMILES string of the molecule is Cn1c(=O)c(C(=O)c2cccc(SOOO)c2)c2c3c(c(Nc4cc(Nc5nc(O)nc(Nc6cccc(C(=O)O)c6)n5)c(S(=O)(=O)O)cc4SOOO)ccc31)C(=O)c1ccccc1-2.Cn1c(=O)c(C(=O)c2cccc(SOOO)c2)c2c3c(c(Nc4cc(Nc5nc(O)nc(Nc6ccccc6C(=O)O)n5)c(S(=O)(=O)O)cc4SOOO)ccc31)C(=O)c1ccccc1-2. The molecule has 0 bridgehead atoms. The maximum Gasteiger partial charge on any atom is 0.337 e. The first-order valence-electron chi connectivity index (χ1n) is 36.4. The first-order valence-corrected chi connectivity index (χ1v) is 42.2. The molecule has 130 heavy (non-hydrogen) atoms. The fraction of sp³-hybridized carbons (Fsp3) is 0.0250. The van der Waals surface area contributed by atoms with Gasteiger partial charge in [0.1, 0.15) is 9.79 Å². The van der Waals surface area contributed by atoms with Gasteiger partial charge in [-0.25, -0.2) is 30.6 Å². The minimum absolute atomic E-state index is 0.0210. The summed E-state index contributed by atoms with van der Waals surface area (Å²) in [7, 11) is -7.39. The lowest BCUT2D eigenvalue weighted by atomic mass is 9.80. The standard InChI is InChI=1S/2C40H27N7O15S3/c1-47-27-13-12-24(31-32(27)30(22-10-2-3-11-23(22)35(31)49)33(36(47)50)34(48)18-6-5-9-21(15-18)63-61-59-54)42-25-16-26(29(65(56,57)58)17-28(25)64-62-60-55)43-39-44-38(45-40(53)46-39)41-20-8-4-7-19(14-20)37(51)52;1-47-27-14-13-24(31-32(27)30(20-9-2-3-10-21(20)35(31)49)33(36(47)50)34(48)18-7-6-8-19(15-18)63-61-59-54)41-25-16-26(29(65(56,57)58)17-28(25)64-62-60-55)43-39-44-38(45-40(53)46-39)42-23-12-5-4-11-22(23)37(51)52/h2-17,42,54-55H,1H3,(H,51,52)(H,56,57,58)(H3,41,43,44,45,46,53);2-17,41,54-55H,1H3,(H,51,52)(H,56,57,58)(H3,42,43,44,45,46,53). The molecule has 4 aromatic heterocycles. The van der Waals surface area contributed by atoms with Crippen LogP contribution in [0.2, 0.25) is 0 Å². The Kier molecular flexibility index (Phi) is 26.2. The van der Waals surface area contributed by atoms with E-state index >= 15 is 0 Å². The lowest BCUT2D eigenvalue weighted by molar-refractivity contribution is -0.432. The Morgan fingerprint density at radius 1 is 0.369 bits per heavy atom. The van der Waals surface area contributed by atoms with Gasteiger partial charge in [-0.15, -0.1) is 17.3 Å². The van der Waals surface area contributed by atoms with Gasteiger partial charge in [-0.2, -0.15) is 46.7 Å². The number of rotatable bonds is 32. The summed E-state index contributed by atoms with van der Waals surface area (Å²) in [6.07, 6.45) is 0. The van der Waals surface area contributed by atoms with Gasteiger partial charge < -0.3 is 61.5 Å². The zero-order valence-corrected chi connectivity index (χ0v) is 70.0. The van der Waals surface area contributed by atoms with Crippen molar-refractivity contribution in [1.29, 1.82) is 0 Å². The highest BCUT2D eigenvalue weighted by molar-refractivity contribution is 7.95. The quantitative estimate of drug-likeness (QED) is 0.00612. The van der Waals surface area contributed by atoms with Gasteiger partial charge >= 0.3 is 24.0 Å². The third-order valence-corrected chi connectivity index (χ3v) is 23.7. The van der Waals surface area contributed by atoms with E-state index < -0.39 is 112 Å². The van der Waals surface area contributed by atoms with Crippen molar-refractivity contribution < 1.29 is 134 Å². The van der Waals surface area contributed by atoms with Crippen molar-refractivity contribution in [3.05, 3.63) is 270 Å². The van der Waals surface area contributed by atoms with Crippen LogP contribution in [0.15, 0.2) is 233 Å². The van der Waals surface area contributed by atoms with E-state index in [-0.39, 0.29) is 180 Å². The third kappa shape index (κ3) is 18.5. The number of hydrogen-bond donors (Lipinski definition) is 16. The van der Waals surface area contributed by atoms with Gasteiger partial charge in [-0.3, -0.25) is 37.9 Å². The molecule has 2 aliphatic carbocycles. The number of fused-ring (bicyclic) bond motifs is 4. The van der Waals surface area contributed by atoms with Crippen LogP contribution >= 0.6 is 48.2 Å². The maximum absolute atomic E-state index is 14.6. The first-order chi connectivity index (χ1) is 62.3. The fourth-order valence-corrected chi connectivity index (χ4v) is 17.4. The summed E-state index contributed by atoms with van der Waals surface area (Å²) in [6.45, 7) is 0. The summed E-state index contributed by atoms with van der Waals surface area (Å²) in [5.41, 5.74) is -1.22. The second kappa shape index (κ2) is 37.8. The van der Waals surface area contributed by atoms with E-state index in [4.69, 9.17) is 21.0 Å². The molecule has 0 aliphatic heterocycles. The number of aromatic carboxylic acids is 2. The van der Waals surface area contributed by atoms with Crippen LogP contribution in [0.25, 0.3) is 44.1 Å². The molecule has 0 amide bonds. The van der Waals surface area contributed by atoms with E-state index in [9.17, 15) is 84.7 Å². The summed E-state index contributed by atoms with van der Waals surface area (Å²) in [6, 6.07) is 44.1. The smallest absolute Gasteiger partial charge is 0.337 e. The molecule has 0 atom stereocenters. The molecule has 0 unspecified atom stereocenters. The second-order valence-electron chi connectivity index (χ2n) is 27.1. The van der Waals surface area contributed by atoms with Crippen LogP contribution in [-0.2, 0) is 71.8 Å². The number of aromatic hydroxyl groups is 2.